The summed E-state index contributed by atoms with van der Waals surface area (Å²) in [5, 5.41) is 0. The Bertz CT molecular complexity index is 193. The summed E-state index contributed by atoms with van der Waals surface area (Å²) < 4.78 is 4.98. The molecule has 0 fully saturated rings. The summed E-state index contributed by atoms with van der Waals surface area (Å²) in [5.41, 5.74) is 13.2. The first kappa shape index (κ1) is 14.4. The molecule has 0 saturated heterocycles. The molecule has 0 saturated carbocycles. The van der Waals surface area contributed by atoms with Gasteiger partial charge in [-0.3, -0.25) is 10.5 Å². The summed E-state index contributed by atoms with van der Waals surface area (Å²) in [4.78, 5) is 11.4. The van der Waals surface area contributed by atoms with Crippen molar-refractivity contribution in [3.8, 4) is 0 Å². The molecule has 0 aromatic carbocycles. The largest absolute Gasteiger partial charge is 0.463 e. The topological polar surface area (TPSA) is 76.1 Å². The molecule has 0 aromatic heterocycles. The lowest BCUT2D eigenvalue weighted by atomic mass is 10.0. The van der Waals surface area contributed by atoms with E-state index in [1.807, 2.05) is 27.7 Å². The molecule has 0 unspecified atom stereocenters. The first-order chi connectivity index (χ1) is 6.84. The highest BCUT2D eigenvalue weighted by atomic mass is 16.5. The van der Waals surface area contributed by atoms with E-state index in [9.17, 15) is 4.79 Å². The molecule has 0 spiro atoms. The van der Waals surface area contributed by atoms with E-state index < -0.39 is 6.04 Å². The molecule has 0 aromatic rings. The van der Waals surface area contributed by atoms with Gasteiger partial charge in [0.25, 0.3) is 0 Å². The number of esters is 1. The molecule has 4 nitrogen and oxygen atoms in total. The molecule has 3 N–H and O–H groups in total. The number of nitrogens with one attached hydrogen (secondary N) is 1. The van der Waals surface area contributed by atoms with Gasteiger partial charge in [0.05, 0.1) is 6.04 Å². The molecule has 2 atom stereocenters. The van der Waals surface area contributed by atoms with Crippen molar-refractivity contribution in [1.82, 2.24) is 5.73 Å². The van der Waals surface area contributed by atoms with Gasteiger partial charge in [-0.1, -0.05) is 27.7 Å². The van der Waals surface area contributed by atoms with Gasteiger partial charge in [-0.15, -0.1) is 0 Å². The van der Waals surface area contributed by atoms with Crippen LogP contribution in [0, 0.1) is 11.8 Å². The third kappa shape index (κ3) is 6.47. The second kappa shape index (κ2) is 6.80. The molecule has 15 heavy (non-hydrogen) atoms. The fourth-order valence-corrected chi connectivity index (χ4v) is 1.08. The van der Waals surface area contributed by atoms with E-state index >= 15 is 0 Å². The summed E-state index contributed by atoms with van der Waals surface area (Å²) in [7, 11) is 0. The molecule has 0 amide bonds. The standard InChI is InChI=1S/C11H23N2O2/c1-7(2)5-9(12)11(14)15-6-10(13)8(3)4/h7-10,13H,5-6,12H2,1-4H3/t9-,10+/m0/s1. The van der Waals surface area contributed by atoms with Crippen molar-refractivity contribution in [2.45, 2.75) is 46.2 Å². The predicted octanol–water partition coefficient (Wildman–Crippen LogP) is 1.21. The Morgan fingerprint density at radius 2 is 1.87 bits per heavy atom. The van der Waals surface area contributed by atoms with E-state index in [0.717, 1.165) is 0 Å². The van der Waals surface area contributed by atoms with E-state index in [-0.39, 0.29) is 24.5 Å². The Balaban J connectivity index is 3.83. The van der Waals surface area contributed by atoms with Gasteiger partial charge in [0, 0.05) is 0 Å². The van der Waals surface area contributed by atoms with Crippen molar-refractivity contribution in [3.05, 3.63) is 0 Å². The Morgan fingerprint density at radius 1 is 1.33 bits per heavy atom. The van der Waals surface area contributed by atoms with Crippen molar-refractivity contribution in [3.63, 3.8) is 0 Å². The first-order valence-electron chi connectivity index (χ1n) is 5.48. The van der Waals surface area contributed by atoms with E-state index in [1.54, 1.807) is 0 Å². The average Bonchev–Trinajstić information content (AvgIpc) is 2.12. The van der Waals surface area contributed by atoms with Gasteiger partial charge in [-0.2, -0.15) is 0 Å². The Hall–Kier alpha value is -0.610. The Kier molecular flexibility index (Phi) is 6.52. The van der Waals surface area contributed by atoms with Gasteiger partial charge in [0.15, 0.2) is 0 Å². The first-order valence-corrected chi connectivity index (χ1v) is 5.48. The molecule has 0 rings (SSSR count). The van der Waals surface area contributed by atoms with Gasteiger partial charge in [-0.05, 0) is 18.3 Å². The average molecular weight is 215 g/mol. The highest BCUT2D eigenvalue weighted by Gasteiger charge is 2.18. The maximum atomic E-state index is 11.4. The smallest absolute Gasteiger partial charge is 0.322 e. The minimum atomic E-state index is -0.552. The fourth-order valence-electron chi connectivity index (χ4n) is 1.08. The number of carbonyl (C=O) groups is 1. The van der Waals surface area contributed by atoms with Crippen LogP contribution < -0.4 is 11.5 Å². The third-order valence-corrected chi connectivity index (χ3v) is 2.24. The zero-order chi connectivity index (χ0) is 12.0. The minimum Gasteiger partial charge on any atom is -0.463 e. The number of ether oxygens (including phenoxy) is 1. The van der Waals surface area contributed by atoms with Crippen molar-refractivity contribution < 1.29 is 9.53 Å². The monoisotopic (exact) mass is 215 g/mol. The Labute approximate surface area is 92.3 Å². The third-order valence-electron chi connectivity index (χ3n) is 2.24. The summed E-state index contributed by atoms with van der Waals surface area (Å²) in [6, 6.07) is -0.912. The lowest BCUT2D eigenvalue weighted by Gasteiger charge is -2.17. The van der Waals surface area contributed by atoms with Crippen LogP contribution in [0.4, 0.5) is 0 Å². The normalized spacial score (nSPS) is 15.5. The summed E-state index contributed by atoms with van der Waals surface area (Å²) in [5.74, 6) is 0.185. The molecule has 0 aliphatic heterocycles. The van der Waals surface area contributed by atoms with Gasteiger partial charge >= 0.3 is 5.97 Å². The van der Waals surface area contributed by atoms with Crippen molar-refractivity contribution in [2.24, 2.45) is 17.6 Å². The van der Waals surface area contributed by atoms with E-state index in [2.05, 4.69) is 0 Å². The van der Waals surface area contributed by atoms with E-state index in [0.29, 0.717) is 12.3 Å². The quantitative estimate of drug-likeness (QED) is 0.677. The van der Waals surface area contributed by atoms with Crippen LogP contribution in [-0.2, 0) is 9.53 Å². The number of carbonyl (C=O) groups excluding carboxylic acids is 1. The SMILES string of the molecule is CC(C)C[C@H](N)C(=O)OC[C@@H]([NH])C(C)C. The van der Waals surface area contributed by atoms with Crippen LogP contribution in [0.25, 0.3) is 0 Å². The van der Waals surface area contributed by atoms with Crippen LogP contribution in [0.15, 0.2) is 0 Å². The van der Waals surface area contributed by atoms with Crippen LogP contribution >= 0.6 is 0 Å². The summed E-state index contributed by atoms with van der Waals surface area (Å²) >= 11 is 0. The molecule has 0 bridgehead atoms. The highest BCUT2D eigenvalue weighted by Crippen LogP contribution is 2.05. The van der Waals surface area contributed by atoms with Crippen LogP contribution in [0.5, 0.6) is 0 Å². The van der Waals surface area contributed by atoms with Crippen LogP contribution in [-0.4, -0.2) is 24.7 Å². The van der Waals surface area contributed by atoms with Gasteiger partial charge < -0.3 is 10.5 Å². The second-order valence-corrected chi connectivity index (χ2v) is 4.72. The molecule has 0 heterocycles. The molecule has 89 valence electrons. The zero-order valence-corrected chi connectivity index (χ0v) is 10.1. The molecule has 0 aliphatic carbocycles. The zero-order valence-electron chi connectivity index (χ0n) is 10.1. The molecule has 1 radical (unpaired) electrons. The molecule has 4 heteroatoms. The van der Waals surface area contributed by atoms with Crippen molar-refractivity contribution >= 4 is 5.97 Å². The van der Waals surface area contributed by atoms with Crippen molar-refractivity contribution in [1.29, 1.82) is 0 Å². The number of hydrogen-bond acceptors (Lipinski definition) is 3. The predicted molar refractivity (Wildman–Crippen MR) is 60.1 cm³/mol. The lowest BCUT2D eigenvalue weighted by molar-refractivity contribution is -0.146. The number of hydrogen-bond donors (Lipinski definition) is 1. The number of nitrogens with two attached hydrogens (primary N) is 1. The molecular weight excluding hydrogens is 192 g/mol. The number of rotatable bonds is 6. The van der Waals surface area contributed by atoms with E-state index in [4.69, 9.17) is 16.2 Å². The van der Waals surface area contributed by atoms with Crippen LogP contribution in [0.3, 0.4) is 0 Å². The summed E-state index contributed by atoms with van der Waals surface area (Å²) in [6.45, 7) is 8.02. The molecule has 0 aliphatic rings. The maximum absolute atomic E-state index is 11.4. The van der Waals surface area contributed by atoms with Gasteiger partial charge in [0.2, 0.25) is 0 Å². The molecular formula is C11H23N2O2. The van der Waals surface area contributed by atoms with Gasteiger partial charge in [-0.25, -0.2) is 0 Å². The van der Waals surface area contributed by atoms with Gasteiger partial charge in [0.1, 0.15) is 12.6 Å². The second-order valence-electron chi connectivity index (χ2n) is 4.72. The lowest BCUT2D eigenvalue weighted by Crippen LogP contribution is -2.36. The fraction of sp³-hybridized carbons (Fsp3) is 0.909. The minimum absolute atomic E-state index is 0.141. The van der Waals surface area contributed by atoms with Crippen molar-refractivity contribution in [2.75, 3.05) is 6.61 Å². The van der Waals surface area contributed by atoms with Crippen LogP contribution in [0.1, 0.15) is 34.1 Å². The van der Waals surface area contributed by atoms with Crippen LogP contribution in [0.2, 0.25) is 0 Å². The highest BCUT2D eigenvalue weighted by molar-refractivity contribution is 5.75. The Morgan fingerprint density at radius 3 is 2.27 bits per heavy atom. The van der Waals surface area contributed by atoms with E-state index in [1.165, 1.54) is 0 Å². The summed E-state index contributed by atoms with van der Waals surface area (Å²) in [6.07, 6.45) is 0.628. The maximum Gasteiger partial charge on any atom is 0.322 e.